The third kappa shape index (κ3) is 7.46. The fourth-order valence-electron chi connectivity index (χ4n) is 3.38. The molecule has 0 saturated carbocycles. The summed E-state index contributed by atoms with van der Waals surface area (Å²) in [5.74, 6) is 4.45. The molecular formula is C26H34N6O5S. The summed E-state index contributed by atoms with van der Waals surface area (Å²) in [4.78, 5) is 8.80. The summed E-state index contributed by atoms with van der Waals surface area (Å²) in [6, 6.07) is 9.35. The van der Waals surface area contributed by atoms with Crippen molar-refractivity contribution in [3.63, 3.8) is 0 Å². The SMILES string of the molecule is COc1cccc(OC)c1-n1c(NSC(C)Cc2ncc(C)cn2)nnc1-c1ccc(C)o1.OCCCO. The van der Waals surface area contributed by atoms with Crippen molar-refractivity contribution in [2.75, 3.05) is 32.2 Å². The number of methoxy groups -OCH3 is 2. The molecule has 0 aliphatic rings. The van der Waals surface area contributed by atoms with E-state index in [1.54, 1.807) is 14.2 Å². The Morgan fingerprint density at radius 1 is 1.00 bits per heavy atom. The van der Waals surface area contributed by atoms with E-state index >= 15 is 0 Å². The number of ether oxygens (including phenoxy) is 2. The number of nitrogens with one attached hydrogen (secondary N) is 1. The van der Waals surface area contributed by atoms with Crippen molar-refractivity contribution < 1.29 is 24.1 Å². The molecule has 0 saturated heterocycles. The number of hydrogen-bond acceptors (Lipinski definition) is 11. The maximum absolute atomic E-state index is 7.91. The molecule has 0 bridgehead atoms. The summed E-state index contributed by atoms with van der Waals surface area (Å²) in [5.41, 5.74) is 1.71. The van der Waals surface area contributed by atoms with E-state index in [-0.39, 0.29) is 18.5 Å². The number of aromatic nitrogens is 5. The van der Waals surface area contributed by atoms with E-state index in [1.165, 1.54) is 11.9 Å². The quantitative estimate of drug-likeness (QED) is 0.237. The standard InChI is InChI=1S/C23H26N6O3S.C3H8O2/c1-14-12-24-20(25-13-14)11-16(3)33-28-23-27-26-22(19-10-9-15(2)32-19)29(23)21-17(30-4)7-6-8-18(21)31-5;4-2-1-3-5/h6-10,12-13,16H,11H2,1-5H3,(H,27,28);4-5H,1-3H2. The van der Waals surface area contributed by atoms with Crippen LogP contribution in [-0.2, 0) is 6.42 Å². The second-order valence-electron chi connectivity index (χ2n) is 8.32. The third-order valence-corrected chi connectivity index (χ3v) is 6.09. The van der Waals surface area contributed by atoms with Crippen molar-refractivity contribution in [1.29, 1.82) is 0 Å². The van der Waals surface area contributed by atoms with Crippen molar-refractivity contribution >= 4 is 17.9 Å². The van der Waals surface area contributed by atoms with Crippen LogP contribution in [0.25, 0.3) is 17.3 Å². The number of para-hydroxylation sites is 1. The van der Waals surface area contributed by atoms with E-state index < -0.39 is 0 Å². The average molecular weight is 543 g/mol. The maximum atomic E-state index is 7.91. The van der Waals surface area contributed by atoms with Gasteiger partial charge in [-0.3, -0.25) is 9.29 Å². The molecule has 4 aromatic rings. The predicted octanol–water partition coefficient (Wildman–Crippen LogP) is 4.00. The fourth-order valence-corrected chi connectivity index (χ4v) is 4.05. The van der Waals surface area contributed by atoms with Crippen LogP contribution < -0.4 is 14.2 Å². The molecule has 0 amide bonds. The Bertz CT molecular complexity index is 1250. The first kappa shape index (κ1) is 29.0. The van der Waals surface area contributed by atoms with Gasteiger partial charge in [-0.15, -0.1) is 10.2 Å². The Morgan fingerprint density at radius 2 is 1.66 bits per heavy atom. The summed E-state index contributed by atoms with van der Waals surface area (Å²) in [5, 5.41) is 24.8. The number of anilines is 1. The Balaban J connectivity index is 0.000000732. The van der Waals surface area contributed by atoms with Gasteiger partial charge in [-0.2, -0.15) is 0 Å². The molecule has 12 heteroatoms. The van der Waals surface area contributed by atoms with Gasteiger partial charge in [0.1, 0.15) is 28.8 Å². The lowest BCUT2D eigenvalue weighted by Gasteiger charge is -2.17. The van der Waals surface area contributed by atoms with Crippen LogP contribution in [0.2, 0.25) is 0 Å². The summed E-state index contributed by atoms with van der Waals surface area (Å²) in [6.07, 6.45) is 4.86. The van der Waals surface area contributed by atoms with E-state index in [4.69, 9.17) is 24.1 Å². The molecule has 1 atom stereocenters. The molecular weight excluding hydrogens is 508 g/mol. The summed E-state index contributed by atoms with van der Waals surface area (Å²) >= 11 is 1.51. The first-order valence-electron chi connectivity index (χ1n) is 12.1. The molecule has 0 aliphatic heterocycles. The molecule has 3 aromatic heterocycles. The molecule has 204 valence electrons. The van der Waals surface area contributed by atoms with Crippen LogP contribution in [0, 0.1) is 13.8 Å². The first-order valence-corrected chi connectivity index (χ1v) is 12.9. The molecule has 0 spiro atoms. The van der Waals surface area contributed by atoms with E-state index in [1.807, 2.05) is 61.1 Å². The minimum Gasteiger partial charge on any atom is -0.494 e. The monoisotopic (exact) mass is 542 g/mol. The highest BCUT2D eigenvalue weighted by Crippen LogP contribution is 2.38. The molecule has 4 rings (SSSR count). The maximum Gasteiger partial charge on any atom is 0.239 e. The highest BCUT2D eigenvalue weighted by Gasteiger charge is 2.24. The number of furan rings is 1. The predicted molar refractivity (Wildman–Crippen MR) is 147 cm³/mol. The van der Waals surface area contributed by atoms with Gasteiger partial charge >= 0.3 is 0 Å². The lowest BCUT2D eigenvalue weighted by Crippen LogP contribution is -2.11. The number of aliphatic hydroxyl groups is 2. The van der Waals surface area contributed by atoms with Gasteiger partial charge in [-0.1, -0.05) is 13.0 Å². The molecule has 3 heterocycles. The van der Waals surface area contributed by atoms with Crippen LogP contribution in [0.15, 0.2) is 47.1 Å². The smallest absolute Gasteiger partial charge is 0.239 e. The molecule has 11 nitrogen and oxygen atoms in total. The Labute approximate surface area is 226 Å². The van der Waals surface area contributed by atoms with Gasteiger partial charge in [0, 0.05) is 37.3 Å². The van der Waals surface area contributed by atoms with Crippen LogP contribution in [-0.4, -0.2) is 67.6 Å². The zero-order valence-corrected chi connectivity index (χ0v) is 23.0. The summed E-state index contributed by atoms with van der Waals surface area (Å²) in [7, 11) is 3.23. The molecule has 1 unspecified atom stereocenters. The van der Waals surface area contributed by atoms with Crippen molar-refractivity contribution in [1.82, 2.24) is 24.7 Å². The van der Waals surface area contributed by atoms with Gasteiger partial charge in [0.05, 0.1) is 14.2 Å². The lowest BCUT2D eigenvalue weighted by atomic mass is 10.2. The van der Waals surface area contributed by atoms with Crippen molar-refractivity contribution in [2.45, 2.75) is 38.9 Å². The number of rotatable bonds is 11. The third-order valence-electron chi connectivity index (χ3n) is 5.22. The minimum atomic E-state index is 0.0938. The van der Waals surface area contributed by atoms with Gasteiger partial charge < -0.3 is 24.1 Å². The van der Waals surface area contributed by atoms with Crippen molar-refractivity contribution in [3.8, 4) is 28.8 Å². The second kappa shape index (κ2) is 14.4. The lowest BCUT2D eigenvalue weighted by molar-refractivity contribution is 0.221. The van der Waals surface area contributed by atoms with Crippen LogP contribution in [0.1, 0.15) is 30.5 Å². The number of aryl methyl sites for hydroxylation is 2. The molecule has 1 aromatic carbocycles. The number of aliphatic hydroxyl groups excluding tert-OH is 2. The van der Waals surface area contributed by atoms with Gasteiger partial charge in [0.25, 0.3) is 0 Å². The van der Waals surface area contributed by atoms with Crippen LogP contribution in [0.5, 0.6) is 11.5 Å². The summed E-state index contributed by atoms with van der Waals surface area (Å²) in [6.45, 7) is 6.15. The minimum absolute atomic E-state index is 0.0938. The second-order valence-corrected chi connectivity index (χ2v) is 9.56. The average Bonchev–Trinajstić information content (AvgIpc) is 3.54. The molecule has 0 fully saturated rings. The Morgan fingerprint density at radius 3 is 2.18 bits per heavy atom. The Hall–Kier alpha value is -3.61. The summed E-state index contributed by atoms with van der Waals surface area (Å²) < 4.78 is 22.3. The van der Waals surface area contributed by atoms with E-state index in [0.29, 0.717) is 47.6 Å². The van der Waals surface area contributed by atoms with Gasteiger partial charge in [-0.25, -0.2) is 9.97 Å². The molecule has 3 N–H and O–H groups in total. The van der Waals surface area contributed by atoms with E-state index in [0.717, 1.165) is 17.1 Å². The highest BCUT2D eigenvalue weighted by atomic mass is 32.2. The largest absolute Gasteiger partial charge is 0.494 e. The van der Waals surface area contributed by atoms with Gasteiger partial charge in [-0.05, 0) is 62.0 Å². The van der Waals surface area contributed by atoms with Crippen molar-refractivity contribution in [2.24, 2.45) is 0 Å². The zero-order chi connectivity index (χ0) is 27.5. The molecule has 0 radical (unpaired) electrons. The number of benzene rings is 1. The number of hydrogen-bond donors (Lipinski definition) is 3. The van der Waals surface area contributed by atoms with Crippen LogP contribution in [0.4, 0.5) is 5.95 Å². The van der Waals surface area contributed by atoms with E-state index in [9.17, 15) is 0 Å². The number of nitrogens with zero attached hydrogens (tertiary/aromatic N) is 5. The van der Waals surface area contributed by atoms with Gasteiger partial charge in [0.15, 0.2) is 5.76 Å². The fraction of sp³-hybridized carbons (Fsp3) is 0.385. The normalized spacial score (nSPS) is 11.4. The molecule has 38 heavy (non-hydrogen) atoms. The van der Waals surface area contributed by atoms with Crippen LogP contribution in [0.3, 0.4) is 0 Å². The van der Waals surface area contributed by atoms with E-state index in [2.05, 4.69) is 31.8 Å². The highest BCUT2D eigenvalue weighted by molar-refractivity contribution is 8.01. The zero-order valence-electron chi connectivity index (χ0n) is 22.2. The Kier molecular flexibility index (Phi) is 10.9. The van der Waals surface area contributed by atoms with Crippen molar-refractivity contribution in [3.05, 3.63) is 59.9 Å². The molecule has 0 aliphatic carbocycles. The van der Waals surface area contributed by atoms with Crippen LogP contribution >= 0.6 is 11.9 Å². The van der Waals surface area contributed by atoms with Gasteiger partial charge in [0.2, 0.25) is 11.8 Å². The topological polar surface area (TPSA) is 141 Å². The first-order chi connectivity index (χ1) is 18.4.